The molecule has 0 spiro atoms. The van der Waals surface area contributed by atoms with Gasteiger partial charge in [0, 0.05) is 11.7 Å². The molecule has 0 aliphatic rings. The fourth-order valence-electron chi connectivity index (χ4n) is 1.96. The van der Waals surface area contributed by atoms with Crippen LogP contribution in [0.4, 0.5) is 0 Å². The molecule has 6 nitrogen and oxygen atoms in total. The van der Waals surface area contributed by atoms with E-state index in [0.717, 1.165) is 0 Å². The van der Waals surface area contributed by atoms with Gasteiger partial charge < -0.3 is 15.0 Å². The predicted molar refractivity (Wildman–Crippen MR) is 76.6 cm³/mol. The fraction of sp³-hybridized carbons (Fsp3) is 0.643. The average Bonchev–Trinajstić information content (AvgIpc) is 2.22. The molecule has 0 radical (unpaired) electrons. The third-order valence-corrected chi connectivity index (χ3v) is 2.67. The fourth-order valence-corrected chi connectivity index (χ4v) is 1.96. The number of carbonyl (C=O) groups is 1. The standard InChI is InChI=1S/C14H23N3O3/c1-8(15-7-11(18)20-14(4,5)6)12-9(2)16-10(3)17-13(12)19/h8,15H,7H2,1-6H3,(H,16,17,19). The van der Waals surface area contributed by atoms with E-state index in [1.165, 1.54) is 0 Å². The minimum absolute atomic E-state index is 0.0468. The van der Waals surface area contributed by atoms with Crippen molar-refractivity contribution in [2.75, 3.05) is 6.54 Å². The predicted octanol–water partition coefficient (Wildman–Crippen LogP) is 1.38. The molecular weight excluding hydrogens is 258 g/mol. The number of nitrogens with one attached hydrogen (secondary N) is 2. The molecule has 0 saturated heterocycles. The number of H-pyrrole nitrogens is 1. The Morgan fingerprint density at radius 1 is 1.40 bits per heavy atom. The number of aromatic nitrogens is 2. The van der Waals surface area contributed by atoms with E-state index in [2.05, 4.69) is 15.3 Å². The Hall–Kier alpha value is -1.69. The molecule has 1 aromatic rings. The molecule has 112 valence electrons. The Morgan fingerprint density at radius 2 is 2.00 bits per heavy atom. The summed E-state index contributed by atoms with van der Waals surface area (Å²) >= 11 is 0. The summed E-state index contributed by atoms with van der Waals surface area (Å²) in [4.78, 5) is 30.4. The van der Waals surface area contributed by atoms with E-state index in [9.17, 15) is 9.59 Å². The maximum atomic E-state index is 11.9. The van der Waals surface area contributed by atoms with Crippen molar-refractivity contribution in [1.29, 1.82) is 0 Å². The number of hydrogen-bond acceptors (Lipinski definition) is 5. The third kappa shape index (κ3) is 4.77. The quantitative estimate of drug-likeness (QED) is 0.815. The van der Waals surface area contributed by atoms with Crippen LogP contribution < -0.4 is 10.9 Å². The first-order valence-corrected chi connectivity index (χ1v) is 6.63. The SMILES string of the molecule is Cc1nc(C)c(C(C)NCC(=O)OC(C)(C)C)c(=O)[nH]1. The Labute approximate surface area is 119 Å². The first kappa shape index (κ1) is 16.4. The van der Waals surface area contributed by atoms with Crippen molar-refractivity contribution < 1.29 is 9.53 Å². The van der Waals surface area contributed by atoms with Gasteiger partial charge in [-0.3, -0.25) is 9.59 Å². The average molecular weight is 281 g/mol. The van der Waals surface area contributed by atoms with Gasteiger partial charge in [0.05, 0.1) is 12.1 Å². The summed E-state index contributed by atoms with van der Waals surface area (Å²) in [6.45, 7) is 10.8. The highest BCUT2D eigenvalue weighted by Gasteiger charge is 2.19. The summed E-state index contributed by atoms with van der Waals surface area (Å²) in [5.74, 6) is 0.231. The highest BCUT2D eigenvalue weighted by Crippen LogP contribution is 2.11. The number of ether oxygens (including phenoxy) is 1. The van der Waals surface area contributed by atoms with Crippen LogP contribution in [0.1, 0.15) is 50.8 Å². The molecule has 0 aliphatic carbocycles. The molecule has 0 amide bonds. The van der Waals surface area contributed by atoms with E-state index < -0.39 is 5.60 Å². The highest BCUT2D eigenvalue weighted by atomic mass is 16.6. The second kappa shape index (κ2) is 6.17. The van der Waals surface area contributed by atoms with E-state index in [-0.39, 0.29) is 24.1 Å². The molecular formula is C14H23N3O3. The molecule has 6 heteroatoms. The van der Waals surface area contributed by atoms with Gasteiger partial charge in [-0.05, 0) is 41.5 Å². The van der Waals surface area contributed by atoms with E-state index in [0.29, 0.717) is 17.1 Å². The van der Waals surface area contributed by atoms with Crippen molar-refractivity contribution in [1.82, 2.24) is 15.3 Å². The molecule has 0 aliphatic heterocycles. The number of nitrogens with zero attached hydrogens (tertiary/aromatic N) is 1. The molecule has 0 fully saturated rings. The van der Waals surface area contributed by atoms with E-state index in [1.807, 2.05) is 27.7 Å². The molecule has 2 N–H and O–H groups in total. The van der Waals surface area contributed by atoms with Gasteiger partial charge in [-0.1, -0.05) is 0 Å². The Kier molecular flexibility index (Phi) is 5.05. The number of esters is 1. The lowest BCUT2D eigenvalue weighted by Crippen LogP contribution is -2.35. The number of rotatable bonds is 4. The first-order valence-electron chi connectivity index (χ1n) is 6.63. The number of hydrogen-bond donors (Lipinski definition) is 2. The molecule has 20 heavy (non-hydrogen) atoms. The second-order valence-electron chi connectivity index (χ2n) is 5.84. The largest absolute Gasteiger partial charge is 0.459 e. The van der Waals surface area contributed by atoms with Crippen molar-refractivity contribution in [2.24, 2.45) is 0 Å². The van der Waals surface area contributed by atoms with Gasteiger partial charge in [0.2, 0.25) is 0 Å². The Morgan fingerprint density at radius 3 is 2.50 bits per heavy atom. The zero-order chi connectivity index (χ0) is 15.5. The third-order valence-electron chi connectivity index (χ3n) is 2.67. The van der Waals surface area contributed by atoms with Crippen LogP contribution >= 0.6 is 0 Å². The van der Waals surface area contributed by atoms with E-state index in [4.69, 9.17) is 4.74 Å². The number of carbonyl (C=O) groups excluding carboxylic acids is 1. The topological polar surface area (TPSA) is 84.1 Å². The molecule has 1 unspecified atom stereocenters. The summed E-state index contributed by atoms with van der Waals surface area (Å²) < 4.78 is 5.20. The van der Waals surface area contributed by atoms with Gasteiger partial charge >= 0.3 is 5.97 Å². The smallest absolute Gasteiger partial charge is 0.320 e. The molecule has 0 aromatic carbocycles. The molecule has 0 saturated carbocycles. The maximum absolute atomic E-state index is 11.9. The van der Waals surface area contributed by atoms with Crippen LogP contribution in [0.3, 0.4) is 0 Å². The van der Waals surface area contributed by atoms with Crippen molar-refractivity contribution >= 4 is 5.97 Å². The molecule has 1 heterocycles. The van der Waals surface area contributed by atoms with Crippen LogP contribution in [0, 0.1) is 13.8 Å². The minimum Gasteiger partial charge on any atom is -0.459 e. The summed E-state index contributed by atoms with van der Waals surface area (Å²) in [7, 11) is 0. The van der Waals surface area contributed by atoms with Crippen LogP contribution in [0.2, 0.25) is 0 Å². The van der Waals surface area contributed by atoms with E-state index in [1.54, 1.807) is 13.8 Å². The van der Waals surface area contributed by atoms with Crippen LogP contribution in [0.5, 0.6) is 0 Å². The molecule has 0 bridgehead atoms. The van der Waals surface area contributed by atoms with Crippen LogP contribution in [0.15, 0.2) is 4.79 Å². The lowest BCUT2D eigenvalue weighted by molar-refractivity contribution is -0.153. The number of aromatic amines is 1. The van der Waals surface area contributed by atoms with E-state index >= 15 is 0 Å². The summed E-state index contributed by atoms with van der Waals surface area (Å²) in [5.41, 5.74) is 0.509. The lowest BCUT2D eigenvalue weighted by Gasteiger charge is -2.21. The first-order chi connectivity index (χ1) is 9.10. The Balaban J connectivity index is 2.71. The van der Waals surface area contributed by atoms with Crippen LogP contribution in [-0.2, 0) is 9.53 Å². The number of aryl methyl sites for hydroxylation is 2. The van der Waals surface area contributed by atoms with Crippen LogP contribution in [-0.4, -0.2) is 28.1 Å². The lowest BCUT2D eigenvalue weighted by atomic mass is 10.1. The van der Waals surface area contributed by atoms with Crippen molar-refractivity contribution in [3.05, 3.63) is 27.4 Å². The van der Waals surface area contributed by atoms with Gasteiger partial charge in [0.1, 0.15) is 11.4 Å². The normalized spacial score (nSPS) is 13.1. The van der Waals surface area contributed by atoms with Crippen molar-refractivity contribution in [3.8, 4) is 0 Å². The van der Waals surface area contributed by atoms with Gasteiger partial charge in [0.25, 0.3) is 5.56 Å². The van der Waals surface area contributed by atoms with Crippen molar-refractivity contribution in [2.45, 2.75) is 53.2 Å². The highest BCUT2D eigenvalue weighted by molar-refractivity contribution is 5.72. The second-order valence-corrected chi connectivity index (χ2v) is 5.84. The van der Waals surface area contributed by atoms with Gasteiger partial charge in [-0.2, -0.15) is 0 Å². The summed E-state index contributed by atoms with van der Waals surface area (Å²) in [6, 6.07) is -0.278. The van der Waals surface area contributed by atoms with Gasteiger partial charge in [-0.15, -0.1) is 0 Å². The van der Waals surface area contributed by atoms with Crippen molar-refractivity contribution in [3.63, 3.8) is 0 Å². The summed E-state index contributed by atoms with van der Waals surface area (Å²) in [5, 5.41) is 2.99. The monoisotopic (exact) mass is 281 g/mol. The molecule has 1 atom stereocenters. The summed E-state index contributed by atoms with van der Waals surface area (Å²) in [6.07, 6.45) is 0. The van der Waals surface area contributed by atoms with Gasteiger partial charge in [0.15, 0.2) is 0 Å². The molecule has 1 rings (SSSR count). The Bertz CT molecular complexity index is 544. The minimum atomic E-state index is -0.513. The maximum Gasteiger partial charge on any atom is 0.320 e. The molecule has 1 aromatic heterocycles. The van der Waals surface area contributed by atoms with Crippen LogP contribution in [0.25, 0.3) is 0 Å². The van der Waals surface area contributed by atoms with Gasteiger partial charge in [-0.25, -0.2) is 4.98 Å². The zero-order valence-electron chi connectivity index (χ0n) is 13.0. The zero-order valence-corrected chi connectivity index (χ0v) is 13.0.